The van der Waals surface area contributed by atoms with Crippen molar-refractivity contribution >= 4 is 22.8 Å². The van der Waals surface area contributed by atoms with Gasteiger partial charge in [0.25, 0.3) is 5.91 Å². The molecular formula is C14H18N2O3S. The van der Waals surface area contributed by atoms with Gasteiger partial charge < -0.3 is 9.47 Å². The monoisotopic (exact) mass is 294 g/mol. The molecule has 0 spiro atoms. The first-order valence-corrected chi connectivity index (χ1v) is 7.41. The molecule has 1 aliphatic heterocycles. The second-order valence-electron chi connectivity index (χ2n) is 4.10. The number of carbonyl (C=O) groups excluding carboxylic acids is 1. The highest BCUT2D eigenvalue weighted by molar-refractivity contribution is 8.13. The summed E-state index contributed by atoms with van der Waals surface area (Å²) in [5.41, 5.74) is 0.498. The molecule has 108 valence electrons. The van der Waals surface area contributed by atoms with Crippen molar-refractivity contribution < 1.29 is 14.3 Å². The topological polar surface area (TPSA) is 51.1 Å². The zero-order valence-electron chi connectivity index (χ0n) is 11.9. The number of ether oxygens (including phenoxy) is 2. The molecule has 0 saturated heterocycles. The highest BCUT2D eigenvalue weighted by atomic mass is 32.2. The molecule has 6 heteroatoms. The zero-order chi connectivity index (χ0) is 14.5. The predicted molar refractivity (Wildman–Crippen MR) is 81.0 cm³/mol. The van der Waals surface area contributed by atoms with Crippen molar-refractivity contribution in [2.45, 2.75) is 6.92 Å². The summed E-state index contributed by atoms with van der Waals surface area (Å²) < 4.78 is 10.6. The summed E-state index contributed by atoms with van der Waals surface area (Å²) in [6.07, 6.45) is 0. The number of thioether (sulfide) groups is 1. The van der Waals surface area contributed by atoms with E-state index in [-0.39, 0.29) is 5.91 Å². The normalized spacial score (nSPS) is 14.2. The van der Waals surface area contributed by atoms with Crippen LogP contribution in [0.3, 0.4) is 0 Å². The quantitative estimate of drug-likeness (QED) is 0.855. The minimum Gasteiger partial charge on any atom is -0.493 e. The number of benzene rings is 1. The predicted octanol–water partition coefficient (Wildman–Crippen LogP) is 2.27. The summed E-state index contributed by atoms with van der Waals surface area (Å²) in [5, 5.41) is 0.780. The smallest absolute Gasteiger partial charge is 0.263 e. The zero-order valence-corrected chi connectivity index (χ0v) is 12.7. The summed E-state index contributed by atoms with van der Waals surface area (Å²) in [7, 11) is 3.09. The lowest BCUT2D eigenvalue weighted by Gasteiger charge is -2.19. The Morgan fingerprint density at radius 3 is 2.85 bits per heavy atom. The van der Waals surface area contributed by atoms with E-state index >= 15 is 0 Å². The fourth-order valence-electron chi connectivity index (χ4n) is 2.07. The SMILES string of the molecule is CCSC1=NCCN1C(=O)c1cccc(OC)c1OC. The number of aliphatic imine (C=N–C) groups is 1. The van der Waals surface area contributed by atoms with Crippen LogP contribution in [-0.2, 0) is 0 Å². The molecule has 0 aromatic heterocycles. The van der Waals surface area contributed by atoms with Crippen LogP contribution in [0.1, 0.15) is 17.3 Å². The number of nitrogens with zero attached hydrogens (tertiary/aromatic N) is 2. The number of hydrogen-bond donors (Lipinski definition) is 0. The summed E-state index contributed by atoms with van der Waals surface area (Å²) >= 11 is 1.58. The molecule has 1 heterocycles. The van der Waals surface area contributed by atoms with Crippen LogP contribution in [0.2, 0.25) is 0 Å². The summed E-state index contributed by atoms with van der Waals surface area (Å²) in [6, 6.07) is 5.31. The molecule has 20 heavy (non-hydrogen) atoms. The van der Waals surface area contributed by atoms with Crippen LogP contribution in [0, 0.1) is 0 Å². The maximum atomic E-state index is 12.7. The van der Waals surface area contributed by atoms with Gasteiger partial charge in [-0.3, -0.25) is 14.7 Å². The lowest BCUT2D eigenvalue weighted by Crippen LogP contribution is -2.33. The van der Waals surface area contributed by atoms with Crippen LogP contribution >= 0.6 is 11.8 Å². The van der Waals surface area contributed by atoms with Crippen LogP contribution in [0.4, 0.5) is 0 Å². The van der Waals surface area contributed by atoms with E-state index in [0.717, 1.165) is 10.9 Å². The second kappa shape index (κ2) is 6.65. The first-order chi connectivity index (χ1) is 9.72. The van der Waals surface area contributed by atoms with Gasteiger partial charge in [0.1, 0.15) is 0 Å². The van der Waals surface area contributed by atoms with Gasteiger partial charge >= 0.3 is 0 Å². The van der Waals surface area contributed by atoms with Crippen molar-refractivity contribution in [2.24, 2.45) is 4.99 Å². The third-order valence-corrected chi connectivity index (χ3v) is 3.85. The van der Waals surface area contributed by atoms with E-state index in [1.807, 2.05) is 6.92 Å². The number of rotatable bonds is 4. The van der Waals surface area contributed by atoms with Gasteiger partial charge in [-0.1, -0.05) is 24.8 Å². The Morgan fingerprint density at radius 2 is 2.20 bits per heavy atom. The maximum absolute atomic E-state index is 12.7. The number of carbonyl (C=O) groups is 1. The van der Waals surface area contributed by atoms with Gasteiger partial charge in [0.15, 0.2) is 16.7 Å². The summed E-state index contributed by atoms with van der Waals surface area (Å²) in [4.78, 5) is 18.7. The van der Waals surface area contributed by atoms with Crippen molar-refractivity contribution in [1.29, 1.82) is 0 Å². The number of para-hydroxylation sites is 1. The Balaban J connectivity index is 2.32. The first-order valence-electron chi connectivity index (χ1n) is 6.43. The van der Waals surface area contributed by atoms with Crippen molar-refractivity contribution in [1.82, 2.24) is 4.90 Å². The molecule has 1 aromatic rings. The third kappa shape index (κ3) is 2.75. The highest BCUT2D eigenvalue weighted by Crippen LogP contribution is 2.32. The minimum absolute atomic E-state index is 0.0991. The standard InChI is InChI=1S/C14H18N2O3S/c1-4-20-14-15-8-9-16(14)13(17)10-6-5-7-11(18-2)12(10)19-3/h5-7H,4,8-9H2,1-3H3. The Labute approximate surface area is 123 Å². The maximum Gasteiger partial charge on any atom is 0.263 e. The van der Waals surface area contributed by atoms with Gasteiger partial charge in [-0.2, -0.15) is 0 Å². The lowest BCUT2D eigenvalue weighted by molar-refractivity contribution is 0.0857. The van der Waals surface area contributed by atoms with E-state index in [9.17, 15) is 4.79 Å². The third-order valence-electron chi connectivity index (χ3n) is 2.95. The van der Waals surface area contributed by atoms with E-state index in [1.165, 1.54) is 7.11 Å². The minimum atomic E-state index is -0.0991. The summed E-state index contributed by atoms with van der Waals surface area (Å²) in [6.45, 7) is 3.31. The molecule has 0 aliphatic carbocycles. The first kappa shape index (κ1) is 14.7. The van der Waals surface area contributed by atoms with Crippen molar-refractivity contribution in [3.05, 3.63) is 23.8 Å². The van der Waals surface area contributed by atoms with Gasteiger partial charge in [-0.15, -0.1) is 0 Å². The number of amides is 1. The Bertz CT molecular complexity index is 531. The fourth-order valence-corrected chi connectivity index (χ4v) is 2.84. The van der Waals surface area contributed by atoms with Gasteiger partial charge in [0, 0.05) is 6.54 Å². The van der Waals surface area contributed by atoms with Crippen molar-refractivity contribution in [3.63, 3.8) is 0 Å². The van der Waals surface area contributed by atoms with Crippen LogP contribution in [0.15, 0.2) is 23.2 Å². The second-order valence-corrected chi connectivity index (χ2v) is 5.33. The van der Waals surface area contributed by atoms with Crippen molar-refractivity contribution in [2.75, 3.05) is 33.1 Å². The lowest BCUT2D eigenvalue weighted by atomic mass is 10.1. The van der Waals surface area contributed by atoms with E-state index in [1.54, 1.807) is 42.0 Å². The molecule has 0 fully saturated rings. The van der Waals surface area contributed by atoms with Gasteiger partial charge in [-0.25, -0.2) is 0 Å². The van der Waals surface area contributed by atoms with Gasteiger partial charge in [0.05, 0.1) is 26.3 Å². The van der Waals surface area contributed by atoms with Crippen LogP contribution in [0.5, 0.6) is 11.5 Å². The molecule has 2 rings (SSSR count). The molecule has 0 N–H and O–H groups in total. The Hall–Kier alpha value is -1.69. The fraction of sp³-hybridized carbons (Fsp3) is 0.429. The molecule has 1 amide bonds. The molecule has 5 nitrogen and oxygen atoms in total. The average molecular weight is 294 g/mol. The van der Waals surface area contributed by atoms with E-state index in [0.29, 0.717) is 30.2 Å². The summed E-state index contributed by atoms with van der Waals surface area (Å²) in [5.74, 6) is 1.81. The van der Waals surface area contributed by atoms with Gasteiger partial charge in [-0.05, 0) is 17.9 Å². The van der Waals surface area contributed by atoms with E-state index in [2.05, 4.69) is 4.99 Å². The molecule has 0 radical (unpaired) electrons. The Morgan fingerprint density at radius 1 is 1.40 bits per heavy atom. The molecule has 1 aliphatic rings. The van der Waals surface area contributed by atoms with Crippen LogP contribution < -0.4 is 9.47 Å². The van der Waals surface area contributed by atoms with Gasteiger partial charge in [0.2, 0.25) is 0 Å². The van der Waals surface area contributed by atoms with E-state index in [4.69, 9.17) is 9.47 Å². The number of methoxy groups -OCH3 is 2. The molecule has 0 unspecified atom stereocenters. The largest absolute Gasteiger partial charge is 0.493 e. The number of hydrogen-bond acceptors (Lipinski definition) is 5. The van der Waals surface area contributed by atoms with Crippen molar-refractivity contribution in [3.8, 4) is 11.5 Å². The van der Waals surface area contributed by atoms with Crippen LogP contribution in [-0.4, -0.2) is 49.0 Å². The molecule has 0 bridgehead atoms. The average Bonchev–Trinajstić information content (AvgIpc) is 2.94. The number of amidine groups is 1. The molecular weight excluding hydrogens is 276 g/mol. The highest BCUT2D eigenvalue weighted by Gasteiger charge is 2.27. The Kier molecular flexibility index (Phi) is 4.89. The molecule has 1 aromatic carbocycles. The molecule has 0 saturated carbocycles. The van der Waals surface area contributed by atoms with Crippen LogP contribution in [0.25, 0.3) is 0 Å². The molecule has 0 atom stereocenters. The van der Waals surface area contributed by atoms with E-state index < -0.39 is 0 Å².